The van der Waals surface area contributed by atoms with Crippen LogP contribution in [0.15, 0.2) is 60.7 Å². The van der Waals surface area contributed by atoms with Crippen LogP contribution < -0.4 is 5.73 Å². The zero-order chi connectivity index (χ0) is 13.9. The quantitative estimate of drug-likeness (QED) is 0.914. The van der Waals surface area contributed by atoms with E-state index in [0.29, 0.717) is 0 Å². The van der Waals surface area contributed by atoms with Gasteiger partial charge in [0.15, 0.2) is 0 Å². The van der Waals surface area contributed by atoms with Gasteiger partial charge in [0.2, 0.25) is 0 Å². The highest BCUT2D eigenvalue weighted by Gasteiger charge is 1.93. The summed E-state index contributed by atoms with van der Waals surface area (Å²) in [6, 6.07) is 19.8. The number of hydrogen-bond acceptors (Lipinski definition) is 2. The van der Waals surface area contributed by atoms with Gasteiger partial charge in [-0.25, -0.2) is 4.79 Å². The highest BCUT2D eigenvalue weighted by atomic mass is 16.5. The third-order valence-corrected chi connectivity index (χ3v) is 2.47. The molecule has 0 aliphatic heterocycles. The fourth-order valence-corrected chi connectivity index (χ4v) is 1.44. The van der Waals surface area contributed by atoms with E-state index in [0.717, 1.165) is 12.0 Å². The van der Waals surface area contributed by atoms with Crippen LogP contribution in [0.5, 0.6) is 0 Å². The molecule has 3 nitrogen and oxygen atoms in total. The van der Waals surface area contributed by atoms with E-state index in [1.54, 1.807) is 0 Å². The second-order valence-electron chi connectivity index (χ2n) is 3.93. The fraction of sp³-hybridized carbons (Fsp3) is 0.188. The van der Waals surface area contributed by atoms with Crippen molar-refractivity contribution in [1.82, 2.24) is 0 Å². The van der Waals surface area contributed by atoms with E-state index >= 15 is 0 Å². The zero-order valence-electron chi connectivity index (χ0n) is 11.1. The molecule has 3 heteroatoms. The topological polar surface area (TPSA) is 52.3 Å². The maximum Gasteiger partial charge on any atom is 0.404 e. The van der Waals surface area contributed by atoms with Crippen molar-refractivity contribution in [3.63, 3.8) is 0 Å². The predicted octanol–water partition coefficient (Wildman–Crippen LogP) is 3.53. The lowest BCUT2D eigenvalue weighted by molar-refractivity contribution is 0.150. The van der Waals surface area contributed by atoms with Gasteiger partial charge in [0.25, 0.3) is 0 Å². The molecule has 0 saturated heterocycles. The molecule has 1 amide bonds. The Bertz CT molecular complexity index is 469. The Kier molecular flexibility index (Phi) is 6.80. The molecule has 0 fully saturated rings. The molecule has 0 spiro atoms. The lowest BCUT2D eigenvalue weighted by Crippen LogP contribution is -2.12. The SMILES string of the molecule is CCc1ccccc1.NC(=O)OCc1ccccc1. The van der Waals surface area contributed by atoms with Crippen molar-refractivity contribution in [2.24, 2.45) is 5.73 Å². The predicted molar refractivity (Wildman–Crippen MR) is 76.6 cm³/mol. The number of ether oxygens (including phenoxy) is 1. The van der Waals surface area contributed by atoms with Crippen LogP contribution >= 0.6 is 0 Å². The molecule has 0 heterocycles. The zero-order valence-corrected chi connectivity index (χ0v) is 11.1. The van der Waals surface area contributed by atoms with Crippen LogP contribution in [0.2, 0.25) is 0 Å². The standard InChI is InChI=1S/C8H9NO2.C8H10/c9-8(10)11-6-7-4-2-1-3-5-7;1-2-8-6-4-3-5-7-8/h1-5H,6H2,(H2,9,10);3-7H,2H2,1H3. The first-order chi connectivity index (χ1) is 9.22. The molecule has 0 saturated carbocycles. The van der Waals surface area contributed by atoms with Gasteiger partial charge in [-0.3, -0.25) is 0 Å². The Hall–Kier alpha value is -2.29. The van der Waals surface area contributed by atoms with Crippen molar-refractivity contribution in [3.8, 4) is 0 Å². The van der Waals surface area contributed by atoms with Gasteiger partial charge in [-0.2, -0.15) is 0 Å². The molecule has 0 bridgehead atoms. The molecule has 2 aromatic rings. The van der Waals surface area contributed by atoms with Gasteiger partial charge in [0, 0.05) is 0 Å². The minimum Gasteiger partial charge on any atom is -0.445 e. The highest BCUT2D eigenvalue weighted by molar-refractivity contribution is 5.64. The maximum absolute atomic E-state index is 10.2. The smallest absolute Gasteiger partial charge is 0.404 e. The van der Waals surface area contributed by atoms with Crippen LogP contribution in [0.1, 0.15) is 18.1 Å². The van der Waals surface area contributed by atoms with E-state index < -0.39 is 6.09 Å². The molecule has 100 valence electrons. The van der Waals surface area contributed by atoms with Gasteiger partial charge >= 0.3 is 6.09 Å². The van der Waals surface area contributed by atoms with Crippen molar-refractivity contribution in [3.05, 3.63) is 71.8 Å². The van der Waals surface area contributed by atoms with Crippen molar-refractivity contribution >= 4 is 6.09 Å². The Labute approximate surface area is 114 Å². The molecule has 2 N–H and O–H groups in total. The second-order valence-corrected chi connectivity index (χ2v) is 3.93. The van der Waals surface area contributed by atoms with Crippen molar-refractivity contribution < 1.29 is 9.53 Å². The molecular formula is C16H19NO2. The molecule has 0 aliphatic carbocycles. The molecule has 19 heavy (non-hydrogen) atoms. The van der Waals surface area contributed by atoms with Gasteiger partial charge in [0.05, 0.1) is 0 Å². The van der Waals surface area contributed by atoms with Crippen LogP contribution in [0.4, 0.5) is 4.79 Å². The highest BCUT2D eigenvalue weighted by Crippen LogP contribution is 1.99. The minimum atomic E-state index is -0.742. The summed E-state index contributed by atoms with van der Waals surface area (Å²) in [6.07, 6.45) is 0.398. The number of aryl methyl sites for hydroxylation is 1. The van der Waals surface area contributed by atoms with Crippen LogP contribution in [0.25, 0.3) is 0 Å². The van der Waals surface area contributed by atoms with Gasteiger partial charge in [0.1, 0.15) is 6.61 Å². The second kappa shape index (κ2) is 8.75. The summed E-state index contributed by atoms with van der Waals surface area (Å²) < 4.78 is 4.57. The molecule has 0 unspecified atom stereocenters. The lowest BCUT2D eigenvalue weighted by Gasteiger charge is -1.99. The number of hydrogen-bond donors (Lipinski definition) is 1. The summed E-state index contributed by atoms with van der Waals surface area (Å²) in [6.45, 7) is 2.41. The Morgan fingerprint density at radius 3 is 1.79 bits per heavy atom. The normalized spacial score (nSPS) is 9.11. The largest absolute Gasteiger partial charge is 0.445 e. The third kappa shape index (κ3) is 6.88. The Balaban J connectivity index is 0.000000200. The van der Waals surface area contributed by atoms with E-state index in [1.807, 2.05) is 36.4 Å². The third-order valence-electron chi connectivity index (χ3n) is 2.47. The number of carbonyl (C=O) groups excluding carboxylic acids is 1. The summed E-state index contributed by atoms with van der Waals surface area (Å²) in [7, 11) is 0. The summed E-state index contributed by atoms with van der Waals surface area (Å²) in [5.74, 6) is 0. The summed E-state index contributed by atoms with van der Waals surface area (Å²) in [5, 5.41) is 0. The van der Waals surface area contributed by atoms with Crippen LogP contribution in [0.3, 0.4) is 0 Å². The first kappa shape index (κ1) is 14.8. The molecule has 2 rings (SSSR count). The fourth-order valence-electron chi connectivity index (χ4n) is 1.44. The van der Waals surface area contributed by atoms with Gasteiger partial charge < -0.3 is 10.5 Å². The van der Waals surface area contributed by atoms with Gasteiger partial charge in [-0.1, -0.05) is 67.6 Å². The first-order valence-electron chi connectivity index (χ1n) is 6.22. The number of benzene rings is 2. The number of primary amides is 1. The van der Waals surface area contributed by atoms with Gasteiger partial charge in [-0.15, -0.1) is 0 Å². The van der Waals surface area contributed by atoms with Crippen molar-refractivity contribution in [1.29, 1.82) is 0 Å². The summed E-state index contributed by atoms with van der Waals surface area (Å²) >= 11 is 0. The number of amides is 1. The van der Waals surface area contributed by atoms with Crippen LogP contribution in [-0.4, -0.2) is 6.09 Å². The summed E-state index contributed by atoms with van der Waals surface area (Å²) in [5.41, 5.74) is 7.13. The number of carbonyl (C=O) groups is 1. The molecule has 0 atom stereocenters. The Morgan fingerprint density at radius 1 is 0.947 bits per heavy atom. The minimum absolute atomic E-state index is 0.246. The molecule has 2 aromatic carbocycles. The lowest BCUT2D eigenvalue weighted by atomic mass is 10.2. The van der Waals surface area contributed by atoms with Crippen LogP contribution in [0, 0.1) is 0 Å². The maximum atomic E-state index is 10.2. The van der Waals surface area contributed by atoms with Crippen molar-refractivity contribution in [2.45, 2.75) is 20.0 Å². The van der Waals surface area contributed by atoms with Gasteiger partial charge in [-0.05, 0) is 17.5 Å². The molecule has 0 radical (unpaired) electrons. The summed E-state index contributed by atoms with van der Waals surface area (Å²) in [4.78, 5) is 10.2. The average Bonchev–Trinajstić information content (AvgIpc) is 2.48. The van der Waals surface area contributed by atoms with Crippen LogP contribution in [-0.2, 0) is 17.8 Å². The van der Waals surface area contributed by atoms with E-state index in [9.17, 15) is 4.79 Å². The van der Waals surface area contributed by atoms with E-state index in [-0.39, 0.29) is 6.61 Å². The van der Waals surface area contributed by atoms with Crippen molar-refractivity contribution in [2.75, 3.05) is 0 Å². The molecular weight excluding hydrogens is 238 g/mol. The first-order valence-corrected chi connectivity index (χ1v) is 6.22. The van der Waals surface area contributed by atoms with E-state index in [1.165, 1.54) is 5.56 Å². The number of nitrogens with two attached hydrogens (primary N) is 1. The molecule has 0 aromatic heterocycles. The van der Waals surface area contributed by atoms with E-state index in [4.69, 9.17) is 5.73 Å². The monoisotopic (exact) mass is 257 g/mol. The average molecular weight is 257 g/mol. The molecule has 0 aliphatic rings. The Morgan fingerprint density at radius 2 is 1.42 bits per heavy atom. The number of rotatable bonds is 3. The van der Waals surface area contributed by atoms with E-state index in [2.05, 4.69) is 35.9 Å².